The molecule has 4 nitrogen and oxygen atoms in total. The van der Waals surface area contributed by atoms with Crippen molar-refractivity contribution in [3.05, 3.63) is 78.6 Å². The summed E-state index contributed by atoms with van der Waals surface area (Å²) in [6.07, 6.45) is 3.44. The fourth-order valence-corrected chi connectivity index (χ4v) is 5.33. The van der Waals surface area contributed by atoms with Gasteiger partial charge in [0.05, 0.1) is 12.5 Å². The predicted octanol–water partition coefficient (Wildman–Crippen LogP) is 3.49. The zero-order valence-corrected chi connectivity index (χ0v) is 12.2. The van der Waals surface area contributed by atoms with E-state index < -0.39 is 7.92 Å². The second kappa shape index (κ2) is 5.49. The molecular weight excluding hydrogens is 283 g/mol. The van der Waals surface area contributed by atoms with E-state index >= 15 is 0 Å². The molecule has 1 aromatic carbocycles. The first-order valence-electron chi connectivity index (χ1n) is 6.85. The number of hydrazine groups is 1. The van der Waals surface area contributed by atoms with E-state index in [1.54, 1.807) is 12.5 Å². The van der Waals surface area contributed by atoms with Crippen molar-refractivity contribution in [1.29, 1.82) is 0 Å². The summed E-state index contributed by atoms with van der Waals surface area (Å²) in [6.45, 7) is 0. The quantitative estimate of drug-likeness (QED) is 0.727. The van der Waals surface area contributed by atoms with Crippen molar-refractivity contribution in [2.24, 2.45) is 0 Å². The van der Waals surface area contributed by atoms with Crippen LogP contribution in [0, 0.1) is 0 Å². The molecule has 0 saturated carbocycles. The molecular formula is C16H15N2O2P. The topological polar surface area (TPSA) is 50.3 Å². The molecule has 2 unspecified atom stereocenters. The first-order valence-corrected chi connectivity index (χ1v) is 8.33. The van der Waals surface area contributed by atoms with Crippen molar-refractivity contribution >= 4 is 13.2 Å². The molecule has 5 heteroatoms. The van der Waals surface area contributed by atoms with Gasteiger partial charge in [0.15, 0.2) is 0 Å². The van der Waals surface area contributed by atoms with Gasteiger partial charge in [0.2, 0.25) is 0 Å². The fraction of sp³-hybridized carbons (Fsp3) is 0.125. The minimum absolute atomic E-state index is 0.132. The average molecular weight is 298 g/mol. The van der Waals surface area contributed by atoms with Crippen molar-refractivity contribution in [1.82, 2.24) is 10.9 Å². The fourth-order valence-electron chi connectivity index (χ4n) is 2.65. The third-order valence-electron chi connectivity index (χ3n) is 3.59. The Labute approximate surface area is 123 Å². The molecule has 1 saturated heterocycles. The maximum atomic E-state index is 5.62. The molecule has 1 fully saturated rings. The molecule has 4 rings (SSSR count). The standard InChI is InChI=1S/C16H15N2O2P/c1-2-6-12(7-3-1)21-15(13-8-4-10-19-13)17-18-16(21)14-9-5-11-20-14/h1-11,15-18H. The van der Waals surface area contributed by atoms with Crippen LogP contribution in [0.25, 0.3) is 0 Å². The SMILES string of the molecule is c1ccc(P2C(c3ccco3)NNC2c2ccco2)cc1. The zero-order chi connectivity index (χ0) is 14.1. The monoisotopic (exact) mass is 298 g/mol. The molecule has 21 heavy (non-hydrogen) atoms. The van der Waals surface area contributed by atoms with Crippen molar-refractivity contribution in [2.45, 2.75) is 11.6 Å². The predicted molar refractivity (Wildman–Crippen MR) is 82.2 cm³/mol. The summed E-state index contributed by atoms with van der Waals surface area (Å²) in [5.74, 6) is 2.16. The second-order valence-corrected chi connectivity index (χ2v) is 7.23. The smallest absolute Gasteiger partial charge is 0.126 e. The highest BCUT2D eigenvalue weighted by Crippen LogP contribution is 2.61. The van der Waals surface area contributed by atoms with Gasteiger partial charge in [0.25, 0.3) is 0 Å². The van der Waals surface area contributed by atoms with Gasteiger partial charge in [-0.3, -0.25) is 0 Å². The van der Waals surface area contributed by atoms with Gasteiger partial charge >= 0.3 is 0 Å². The lowest BCUT2D eigenvalue weighted by molar-refractivity contribution is 0.432. The third kappa shape index (κ3) is 2.32. The molecule has 3 heterocycles. The van der Waals surface area contributed by atoms with E-state index in [0.717, 1.165) is 11.5 Å². The summed E-state index contributed by atoms with van der Waals surface area (Å²) >= 11 is 0. The van der Waals surface area contributed by atoms with Crippen LogP contribution in [0.15, 0.2) is 76.0 Å². The first-order chi connectivity index (χ1) is 10.4. The second-order valence-electron chi connectivity index (χ2n) is 4.87. The highest BCUT2D eigenvalue weighted by Gasteiger charge is 2.40. The summed E-state index contributed by atoms with van der Waals surface area (Å²) in [5.41, 5.74) is 6.74. The van der Waals surface area contributed by atoms with Crippen molar-refractivity contribution in [3.8, 4) is 0 Å². The van der Waals surface area contributed by atoms with Crippen molar-refractivity contribution in [3.63, 3.8) is 0 Å². The Morgan fingerprint density at radius 2 is 1.29 bits per heavy atom. The van der Waals surface area contributed by atoms with Gasteiger partial charge in [0, 0.05) is 0 Å². The first kappa shape index (κ1) is 12.8. The van der Waals surface area contributed by atoms with Crippen molar-refractivity contribution < 1.29 is 8.83 Å². The Morgan fingerprint density at radius 1 is 0.714 bits per heavy atom. The Balaban J connectivity index is 1.76. The van der Waals surface area contributed by atoms with Gasteiger partial charge in [-0.1, -0.05) is 30.3 Å². The van der Waals surface area contributed by atoms with Gasteiger partial charge < -0.3 is 8.83 Å². The van der Waals surface area contributed by atoms with E-state index in [1.165, 1.54) is 5.30 Å². The van der Waals surface area contributed by atoms with Gasteiger partial charge in [0.1, 0.15) is 23.1 Å². The third-order valence-corrected chi connectivity index (χ3v) is 6.37. The van der Waals surface area contributed by atoms with E-state index in [0.29, 0.717) is 0 Å². The van der Waals surface area contributed by atoms with E-state index in [2.05, 4.69) is 35.1 Å². The Bertz CT molecular complexity index is 640. The molecule has 0 aliphatic carbocycles. The molecule has 1 aliphatic rings. The minimum Gasteiger partial charge on any atom is -0.467 e. The number of rotatable bonds is 3. The van der Waals surface area contributed by atoms with Crippen LogP contribution in [-0.2, 0) is 0 Å². The number of hydrogen-bond donors (Lipinski definition) is 2. The molecule has 3 aromatic rings. The van der Waals surface area contributed by atoms with Crippen LogP contribution in [-0.4, -0.2) is 0 Å². The molecule has 106 valence electrons. The highest BCUT2D eigenvalue weighted by molar-refractivity contribution is 7.66. The lowest BCUT2D eigenvalue weighted by Gasteiger charge is -2.21. The number of nitrogens with one attached hydrogen (secondary N) is 2. The molecule has 2 N–H and O–H groups in total. The molecule has 0 radical (unpaired) electrons. The van der Waals surface area contributed by atoms with Crippen LogP contribution in [0.1, 0.15) is 23.1 Å². The lowest BCUT2D eigenvalue weighted by Crippen LogP contribution is -2.26. The summed E-state index contributed by atoms with van der Waals surface area (Å²) in [6, 6.07) is 18.4. The molecule has 0 amide bonds. The number of benzene rings is 1. The van der Waals surface area contributed by atoms with E-state index in [-0.39, 0.29) is 11.6 Å². The highest BCUT2D eigenvalue weighted by atomic mass is 31.1. The van der Waals surface area contributed by atoms with Gasteiger partial charge in [-0.2, -0.15) is 0 Å². The molecule has 1 aliphatic heterocycles. The van der Waals surface area contributed by atoms with Crippen LogP contribution < -0.4 is 16.2 Å². The average Bonchev–Trinajstić information content (AvgIpc) is 3.27. The van der Waals surface area contributed by atoms with E-state index in [1.807, 2.05) is 30.3 Å². The summed E-state index contributed by atoms with van der Waals surface area (Å²) in [7, 11) is -0.578. The largest absolute Gasteiger partial charge is 0.467 e. The number of furan rings is 2. The minimum atomic E-state index is -0.578. The Kier molecular flexibility index (Phi) is 3.36. The normalized spacial score (nSPS) is 25.2. The summed E-state index contributed by atoms with van der Waals surface area (Å²) in [5, 5.41) is 1.31. The van der Waals surface area contributed by atoms with Crippen LogP contribution >= 0.6 is 7.92 Å². The Hall–Kier alpha value is -1.87. The molecule has 0 spiro atoms. The van der Waals surface area contributed by atoms with E-state index in [4.69, 9.17) is 8.83 Å². The van der Waals surface area contributed by atoms with Gasteiger partial charge in [-0.15, -0.1) is 0 Å². The molecule has 2 atom stereocenters. The summed E-state index contributed by atoms with van der Waals surface area (Å²) < 4.78 is 11.2. The maximum absolute atomic E-state index is 5.62. The van der Waals surface area contributed by atoms with Crippen molar-refractivity contribution in [2.75, 3.05) is 0 Å². The zero-order valence-electron chi connectivity index (χ0n) is 11.3. The maximum Gasteiger partial charge on any atom is 0.126 e. The molecule has 0 bridgehead atoms. The van der Waals surface area contributed by atoms with Crippen LogP contribution in [0.2, 0.25) is 0 Å². The lowest BCUT2D eigenvalue weighted by atomic mass is 10.4. The molecule has 2 aromatic heterocycles. The number of hydrogen-bond acceptors (Lipinski definition) is 4. The summed E-state index contributed by atoms with van der Waals surface area (Å²) in [4.78, 5) is 0. The van der Waals surface area contributed by atoms with Crippen LogP contribution in [0.5, 0.6) is 0 Å². The van der Waals surface area contributed by atoms with Gasteiger partial charge in [-0.25, -0.2) is 10.9 Å². The Morgan fingerprint density at radius 3 is 1.76 bits per heavy atom. The van der Waals surface area contributed by atoms with Crippen LogP contribution in [0.3, 0.4) is 0 Å². The van der Waals surface area contributed by atoms with Gasteiger partial charge in [-0.05, 0) is 37.5 Å². The van der Waals surface area contributed by atoms with Crippen LogP contribution in [0.4, 0.5) is 0 Å². The van der Waals surface area contributed by atoms with E-state index in [9.17, 15) is 0 Å².